The minimum absolute atomic E-state index is 0.203. The molecule has 116 valence electrons. The molecule has 6 heteroatoms. The van der Waals surface area contributed by atoms with Gasteiger partial charge in [0.2, 0.25) is 0 Å². The van der Waals surface area contributed by atoms with E-state index in [1.807, 2.05) is 25.2 Å². The molecule has 0 amide bonds. The van der Waals surface area contributed by atoms with Gasteiger partial charge in [0.25, 0.3) is 0 Å². The van der Waals surface area contributed by atoms with E-state index in [0.29, 0.717) is 31.1 Å². The van der Waals surface area contributed by atoms with Crippen molar-refractivity contribution < 1.29 is 17.9 Å². The van der Waals surface area contributed by atoms with Crippen LogP contribution in [0.5, 0.6) is 11.5 Å². The number of hydrogen-bond acceptors (Lipinski definition) is 5. The first kappa shape index (κ1) is 14.7. The van der Waals surface area contributed by atoms with Crippen LogP contribution in [0.4, 0.5) is 0 Å². The van der Waals surface area contributed by atoms with Crippen LogP contribution in [-0.4, -0.2) is 39.7 Å². The van der Waals surface area contributed by atoms with Gasteiger partial charge >= 0.3 is 0 Å². The molecule has 0 aromatic heterocycles. The molecule has 0 bridgehead atoms. The van der Waals surface area contributed by atoms with Gasteiger partial charge in [-0.2, -0.15) is 0 Å². The van der Waals surface area contributed by atoms with Gasteiger partial charge in [0.15, 0.2) is 21.3 Å². The molecular formula is C15H21NO4S. The molecule has 2 heterocycles. The highest BCUT2D eigenvalue weighted by Crippen LogP contribution is 2.36. The molecule has 2 unspecified atom stereocenters. The number of ether oxygens (including phenoxy) is 2. The molecule has 2 atom stereocenters. The molecule has 0 saturated carbocycles. The van der Waals surface area contributed by atoms with Gasteiger partial charge in [-0.3, -0.25) is 0 Å². The molecule has 0 radical (unpaired) electrons. The fraction of sp³-hybridized carbons (Fsp3) is 0.600. The Bertz CT molecular complexity index is 614. The average Bonchev–Trinajstić information content (AvgIpc) is 2.49. The Kier molecular flexibility index (Phi) is 4.08. The lowest BCUT2D eigenvalue weighted by Crippen LogP contribution is -2.39. The summed E-state index contributed by atoms with van der Waals surface area (Å²) in [6.45, 7) is 1.08. The van der Waals surface area contributed by atoms with Crippen molar-refractivity contribution in [3.63, 3.8) is 0 Å². The van der Waals surface area contributed by atoms with E-state index in [4.69, 9.17) is 9.47 Å². The molecule has 1 aromatic carbocycles. The van der Waals surface area contributed by atoms with Gasteiger partial charge in [-0.25, -0.2) is 8.42 Å². The predicted molar refractivity (Wildman–Crippen MR) is 80.7 cm³/mol. The molecule has 1 saturated heterocycles. The van der Waals surface area contributed by atoms with E-state index in [2.05, 4.69) is 5.32 Å². The van der Waals surface area contributed by atoms with Crippen LogP contribution < -0.4 is 14.8 Å². The molecule has 1 aromatic rings. The Morgan fingerprint density at radius 3 is 2.67 bits per heavy atom. The van der Waals surface area contributed by atoms with E-state index >= 15 is 0 Å². The summed E-state index contributed by atoms with van der Waals surface area (Å²) in [5.41, 5.74) is 0.942. The molecular weight excluding hydrogens is 290 g/mol. The maximum Gasteiger partial charge on any atom is 0.161 e. The summed E-state index contributed by atoms with van der Waals surface area (Å²) in [5, 5.41) is 2.81. The van der Waals surface area contributed by atoms with Crippen molar-refractivity contribution in [3.05, 3.63) is 23.8 Å². The Labute approximate surface area is 125 Å². The van der Waals surface area contributed by atoms with E-state index in [-0.39, 0.29) is 11.3 Å². The number of hydrogen-bond donors (Lipinski definition) is 1. The fourth-order valence-electron chi connectivity index (χ4n) is 3.17. The molecule has 5 nitrogen and oxygen atoms in total. The lowest BCUT2D eigenvalue weighted by molar-refractivity contribution is 0.171. The van der Waals surface area contributed by atoms with Crippen LogP contribution >= 0.6 is 0 Å². The maximum absolute atomic E-state index is 12.3. The highest BCUT2D eigenvalue weighted by Gasteiger charge is 2.36. The highest BCUT2D eigenvalue weighted by atomic mass is 32.2. The van der Waals surface area contributed by atoms with E-state index in [1.165, 1.54) is 0 Å². The first-order valence-corrected chi connectivity index (χ1v) is 9.12. The molecule has 2 aliphatic heterocycles. The number of fused-ring (bicyclic) bond motifs is 1. The minimum Gasteiger partial charge on any atom is -0.486 e. The maximum atomic E-state index is 12.3. The summed E-state index contributed by atoms with van der Waals surface area (Å²) >= 11 is 0. The topological polar surface area (TPSA) is 64.6 Å². The summed E-state index contributed by atoms with van der Waals surface area (Å²) in [5.74, 6) is 1.72. The van der Waals surface area contributed by atoms with E-state index in [1.54, 1.807) is 0 Å². The van der Waals surface area contributed by atoms with Crippen molar-refractivity contribution in [2.24, 2.45) is 0 Å². The van der Waals surface area contributed by atoms with Gasteiger partial charge in [-0.1, -0.05) is 12.5 Å². The van der Waals surface area contributed by atoms with Gasteiger partial charge < -0.3 is 14.8 Å². The van der Waals surface area contributed by atoms with Crippen LogP contribution in [0.25, 0.3) is 0 Å². The Balaban J connectivity index is 1.92. The smallest absolute Gasteiger partial charge is 0.161 e. The summed E-state index contributed by atoms with van der Waals surface area (Å²) in [6, 6.07) is 5.49. The molecule has 3 rings (SSSR count). The third kappa shape index (κ3) is 2.87. The summed E-state index contributed by atoms with van der Waals surface area (Å²) in [4.78, 5) is 0. The van der Waals surface area contributed by atoms with Gasteiger partial charge in [0.05, 0.1) is 11.0 Å². The number of rotatable bonds is 3. The van der Waals surface area contributed by atoms with Crippen molar-refractivity contribution in [2.45, 2.75) is 30.6 Å². The number of nitrogens with one attached hydrogen (secondary N) is 1. The molecule has 2 aliphatic rings. The van der Waals surface area contributed by atoms with Gasteiger partial charge in [0.1, 0.15) is 13.2 Å². The van der Waals surface area contributed by atoms with Crippen molar-refractivity contribution in [2.75, 3.05) is 26.0 Å². The fourth-order valence-corrected chi connectivity index (χ4v) is 5.32. The second-order valence-corrected chi connectivity index (χ2v) is 7.91. The van der Waals surface area contributed by atoms with Crippen LogP contribution in [0.1, 0.15) is 30.9 Å². The first-order chi connectivity index (χ1) is 10.1. The lowest BCUT2D eigenvalue weighted by atomic mass is 9.99. The van der Waals surface area contributed by atoms with Crippen molar-refractivity contribution in [1.29, 1.82) is 0 Å². The zero-order valence-electron chi connectivity index (χ0n) is 12.2. The number of sulfone groups is 1. The quantitative estimate of drug-likeness (QED) is 0.920. The van der Waals surface area contributed by atoms with Crippen molar-refractivity contribution in [1.82, 2.24) is 5.32 Å². The van der Waals surface area contributed by atoms with E-state index in [9.17, 15) is 8.42 Å². The largest absolute Gasteiger partial charge is 0.486 e. The van der Waals surface area contributed by atoms with Crippen molar-refractivity contribution >= 4 is 9.84 Å². The molecule has 1 fully saturated rings. The lowest BCUT2D eigenvalue weighted by Gasteiger charge is -2.31. The monoisotopic (exact) mass is 311 g/mol. The number of benzene rings is 1. The standard InChI is InChI=1S/C15H21NO4S/c1-16-15(14-4-2-3-9-21(14,17)18)11-5-6-12-13(10-11)20-8-7-19-12/h5-6,10,14-16H,2-4,7-9H2,1H3. The van der Waals surface area contributed by atoms with Crippen molar-refractivity contribution in [3.8, 4) is 11.5 Å². The zero-order chi connectivity index (χ0) is 14.9. The van der Waals surface area contributed by atoms with E-state index in [0.717, 1.165) is 24.2 Å². The van der Waals surface area contributed by atoms with E-state index < -0.39 is 9.84 Å². The average molecular weight is 311 g/mol. The summed E-state index contributed by atoms with van der Waals surface area (Å²) in [6.07, 6.45) is 2.45. The van der Waals surface area contributed by atoms with Gasteiger partial charge in [-0.15, -0.1) is 0 Å². The second-order valence-electron chi connectivity index (χ2n) is 5.57. The third-order valence-corrected chi connectivity index (χ3v) is 6.53. The minimum atomic E-state index is -3.04. The van der Waals surface area contributed by atoms with Crippen LogP contribution in [0.3, 0.4) is 0 Å². The zero-order valence-corrected chi connectivity index (χ0v) is 13.0. The normalized spacial score (nSPS) is 25.3. The van der Waals surface area contributed by atoms with Crippen LogP contribution in [-0.2, 0) is 9.84 Å². The second kappa shape index (κ2) is 5.85. The van der Waals surface area contributed by atoms with Gasteiger partial charge in [-0.05, 0) is 37.6 Å². The van der Waals surface area contributed by atoms with Gasteiger partial charge in [0, 0.05) is 6.04 Å². The van der Waals surface area contributed by atoms with Crippen LogP contribution in [0.15, 0.2) is 18.2 Å². The summed E-state index contributed by atoms with van der Waals surface area (Å²) < 4.78 is 35.8. The Morgan fingerprint density at radius 2 is 1.95 bits per heavy atom. The Hall–Kier alpha value is -1.27. The summed E-state index contributed by atoms with van der Waals surface area (Å²) in [7, 11) is -1.23. The highest BCUT2D eigenvalue weighted by molar-refractivity contribution is 7.92. The SMILES string of the molecule is CNC(c1ccc2c(c1)OCCO2)C1CCCCS1(=O)=O. The molecule has 0 aliphatic carbocycles. The van der Waals surface area contributed by atoms with Crippen LogP contribution in [0.2, 0.25) is 0 Å². The molecule has 1 N–H and O–H groups in total. The molecule has 21 heavy (non-hydrogen) atoms. The molecule has 0 spiro atoms. The van der Waals surface area contributed by atoms with Crippen LogP contribution in [0, 0.1) is 0 Å². The Morgan fingerprint density at radius 1 is 1.19 bits per heavy atom. The predicted octanol–water partition coefficient (Wildman–Crippen LogP) is 1.69. The first-order valence-electron chi connectivity index (χ1n) is 7.40. The third-order valence-electron chi connectivity index (χ3n) is 4.24.